The van der Waals surface area contributed by atoms with Crippen molar-refractivity contribution in [2.75, 3.05) is 13.6 Å². The van der Waals surface area contributed by atoms with Crippen molar-refractivity contribution in [1.29, 1.82) is 0 Å². The number of hydrogen-bond donors (Lipinski definition) is 2. The highest BCUT2D eigenvalue weighted by atomic mass is 19.1. The van der Waals surface area contributed by atoms with Crippen LogP contribution in [0.5, 0.6) is 0 Å². The minimum Gasteiger partial charge on any atom is -0.481 e. The summed E-state index contributed by atoms with van der Waals surface area (Å²) < 4.78 is 13.4. The highest BCUT2D eigenvalue weighted by Crippen LogP contribution is 2.30. The molecule has 6 heteroatoms. The first-order valence-electron chi connectivity index (χ1n) is 6.99. The van der Waals surface area contributed by atoms with E-state index < -0.39 is 5.97 Å². The van der Waals surface area contributed by atoms with Crippen LogP contribution in [-0.2, 0) is 11.2 Å². The quantitative estimate of drug-likeness (QED) is 0.895. The molecule has 21 heavy (non-hydrogen) atoms. The molecular formula is C15H19FN2O3. The van der Waals surface area contributed by atoms with E-state index in [0.29, 0.717) is 0 Å². The lowest BCUT2D eigenvalue weighted by atomic mass is 9.87. The van der Waals surface area contributed by atoms with Gasteiger partial charge < -0.3 is 15.3 Å². The Bertz CT molecular complexity index is 548. The van der Waals surface area contributed by atoms with E-state index in [4.69, 9.17) is 5.11 Å². The minimum absolute atomic E-state index is 0.0974. The lowest BCUT2D eigenvalue weighted by Crippen LogP contribution is -2.41. The third-order valence-corrected chi connectivity index (χ3v) is 3.73. The Balaban J connectivity index is 2.02. The summed E-state index contributed by atoms with van der Waals surface area (Å²) in [5.41, 5.74) is 1.88. The number of aryl methyl sites for hydroxylation is 1. The van der Waals surface area contributed by atoms with Gasteiger partial charge in [-0.25, -0.2) is 9.18 Å². The van der Waals surface area contributed by atoms with Crippen LogP contribution in [0.1, 0.15) is 36.4 Å². The SMILES string of the molecule is CN(CCC(=O)O)C(=O)N[C@@H]1CCCc2ccc(F)cc21. The zero-order valence-corrected chi connectivity index (χ0v) is 11.9. The van der Waals surface area contributed by atoms with Gasteiger partial charge in [0, 0.05) is 13.6 Å². The number of nitrogens with one attached hydrogen (secondary N) is 1. The number of fused-ring (bicyclic) bond motifs is 1. The number of carbonyl (C=O) groups excluding carboxylic acids is 1. The molecule has 0 heterocycles. The Morgan fingerprint density at radius 1 is 1.48 bits per heavy atom. The molecule has 2 amide bonds. The standard InChI is InChI=1S/C15H19FN2O3/c1-18(8-7-14(19)20)15(21)17-13-4-2-3-10-5-6-11(16)9-12(10)13/h5-6,9,13H,2-4,7-8H2,1H3,(H,17,21)(H,19,20)/t13-/m1/s1. The van der Waals surface area contributed by atoms with Crippen molar-refractivity contribution in [3.63, 3.8) is 0 Å². The van der Waals surface area contributed by atoms with Gasteiger partial charge in [0.25, 0.3) is 0 Å². The molecule has 0 unspecified atom stereocenters. The highest BCUT2D eigenvalue weighted by molar-refractivity contribution is 5.75. The van der Waals surface area contributed by atoms with Crippen LogP contribution in [0.3, 0.4) is 0 Å². The van der Waals surface area contributed by atoms with Crippen LogP contribution < -0.4 is 5.32 Å². The molecule has 0 spiro atoms. The molecule has 1 atom stereocenters. The van der Waals surface area contributed by atoms with Gasteiger partial charge in [-0.1, -0.05) is 6.07 Å². The Hall–Kier alpha value is -2.11. The molecule has 114 valence electrons. The van der Waals surface area contributed by atoms with E-state index in [1.54, 1.807) is 13.1 Å². The summed E-state index contributed by atoms with van der Waals surface area (Å²) in [4.78, 5) is 23.9. The second-order valence-corrected chi connectivity index (χ2v) is 5.30. The van der Waals surface area contributed by atoms with Crippen LogP contribution >= 0.6 is 0 Å². The van der Waals surface area contributed by atoms with Crippen molar-refractivity contribution >= 4 is 12.0 Å². The number of hydrogen-bond acceptors (Lipinski definition) is 2. The number of benzene rings is 1. The average Bonchev–Trinajstić information content (AvgIpc) is 2.45. The van der Waals surface area contributed by atoms with Crippen molar-refractivity contribution in [1.82, 2.24) is 10.2 Å². The first-order valence-corrected chi connectivity index (χ1v) is 6.99. The first kappa shape index (κ1) is 15.3. The van der Waals surface area contributed by atoms with Crippen molar-refractivity contribution in [3.8, 4) is 0 Å². The van der Waals surface area contributed by atoms with Gasteiger partial charge in [0.2, 0.25) is 0 Å². The molecule has 5 nitrogen and oxygen atoms in total. The maximum Gasteiger partial charge on any atom is 0.317 e. The molecule has 0 fully saturated rings. The smallest absolute Gasteiger partial charge is 0.317 e. The molecule has 0 radical (unpaired) electrons. The Morgan fingerprint density at radius 2 is 2.24 bits per heavy atom. The van der Waals surface area contributed by atoms with Crippen LogP contribution in [0, 0.1) is 5.82 Å². The summed E-state index contributed by atoms with van der Waals surface area (Å²) >= 11 is 0. The fourth-order valence-electron chi connectivity index (χ4n) is 2.54. The van der Waals surface area contributed by atoms with Crippen molar-refractivity contribution < 1.29 is 19.1 Å². The molecule has 0 aromatic heterocycles. The molecule has 0 saturated heterocycles. The number of carboxylic acid groups (broad SMARTS) is 1. The molecule has 1 aromatic rings. The van der Waals surface area contributed by atoms with Gasteiger partial charge in [-0.15, -0.1) is 0 Å². The maximum absolute atomic E-state index is 13.4. The summed E-state index contributed by atoms with van der Waals surface area (Å²) in [6.07, 6.45) is 2.48. The van der Waals surface area contributed by atoms with Gasteiger partial charge >= 0.3 is 12.0 Å². The van der Waals surface area contributed by atoms with Crippen molar-refractivity contribution in [2.45, 2.75) is 31.7 Å². The van der Waals surface area contributed by atoms with Crippen LogP contribution in [0.4, 0.5) is 9.18 Å². The largest absolute Gasteiger partial charge is 0.481 e. The summed E-state index contributed by atoms with van der Waals surface area (Å²) in [5.74, 6) is -1.26. The third-order valence-electron chi connectivity index (χ3n) is 3.73. The van der Waals surface area contributed by atoms with E-state index in [1.165, 1.54) is 17.0 Å². The second kappa shape index (κ2) is 6.56. The van der Waals surface area contributed by atoms with E-state index in [0.717, 1.165) is 30.4 Å². The Labute approximate surface area is 122 Å². The number of nitrogens with zero attached hydrogens (tertiary/aromatic N) is 1. The number of aliphatic carboxylic acids is 1. The second-order valence-electron chi connectivity index (χ2n) is 5.30. The number of amides is 2. The minimum atomic E-state index is -0.945. The maximum atomic E-state index is 13.4. The fraction of sp³-hybridized carbons (Fsp3) is 0.467. The van der Waals surface area contributed by atoms with E-state index in [1.807, 2.05) is 0 Å². The van der Waals surface area contributed by atoms with Gasteiger partial charge in [0.15, 0.2) is 0 Å². The summed E-state index contributed by atoms with van der Waals surface area (Å²) in [7, 11) is 1.55. The highest BCUT2D eigenvalue weighted by Gasteiger charge is 2.23. The summed E-state index contributed by atoms with van der Waals surface area (Å²) in [5, 5.41) is 11.5. The predicted molar refractivity (Wildman–Crippen MR) is 75.5 cm³/mol. The van der Waals surface area contributed by atoms with Crippen LogP contribution in [0.15, 0.2) is 18.2 Å². The molecule has 2 N–H and O–H groups in total. The monoisotopic (exact) mass is 294 g/mol. The van der Waals surface area contributed by atoms with Crippen LogP contribution in [0.2, 0.25) is 0 Å². The average molecular weight is 294 g/mol. The van der Waals surface area contributed by atoms with E-state index >= 15 is 0 Å². The van der Waals surface area contributed by atoms with Crippen molar-refractivity contribution in [2.24, 2.45) is 0 Å². The molecule has 0 saturated carbocycles. The van der Waals surface area contributed by atoms with Crippen molar-refractivity contribution in [3.05, 3.63) is 35.1 Å². The van der Waals surface area contributed by atoms with Gasteiger partial charge in [0.05, 0.1) is 12.5 Å². The number of halogens is 1. The van der Waals surface area contributed by atoms with Gasteiger partial charge in [-0.05, 0) is 42.5 Å². The lowest BCUT2D eigenvalue weighted by molar-refractivity contribution is -0.137. The molecule has 1 aliphatic carbocycles. The molecule has 0 bridgehead atoms. The molecular weight excluding hydrogens is 275 g/mol. The number of rotatable bonds is 4. The fourth-order valence-corrected chi connectivity index (χ4v) is 2.54. The van der Waals surface area contributed by atoms with Gasteiger partial charge in [-0.2, -0.15) is 0 Å². The Morgan fingerprint density at radius 3 is 2.95 bits per heavy atom. The summed E-state index contributed by atoms with van der Waals surface area (Å²) in [6, 6.07) is 4.11. The van der Waals surface area contributed by atoms with Crippen LogP contribution in [-0.4, -0.2) is 35.6 Å². The van der Waals surface area contributed by atoms with E-state index in [-0.39, 0.29) is 30.9 Å². The number of carbonyl (C=O) groups is 2. The Kier molecular flexibility index (Phi) is 4.77. The van der Waals surface area contributed by atoms with E-state index in [9.17, 15) is 14.0 Å². The summed E-state index contributed by atoms with van der Waals surface area (Å²) in [6.45, 7) is 0.143. The third kappa shape index (κ3) is 3.93. The zero-order chi connectivity index (χ0) is 15.4. The normalized spacial score (nSPS) is 17.0. The van der Waals surface area contributed by atoms with Gasteiger partial charge in [-0.3, -0.25) is 4.79 Å². The molecule has 0 aliphatic heterocycles. The molecule has 1 aliphatic rings. The van der Waals surface area contributed by atoms with Crippen LogP contribution in [0.25, 0.3) is 0 Å². The molecule has 2 rings (SSSR count). The predicted octanol–water partition coefficient (Wildman–Crippen LogP) is 2.32. The number of urea groups is 1. The zero-order valence-electron chi connectivity index (χ0n) is 11.9. The van der Waals surface area contributed by atoms with E-state index in [2.05, 4.69) is 5.32 Å². The van der Waals surface area contributed by atoms with Gasteiger partial charge in [0.1, 0.15) is 5.82 Å². The lowest BCUT2D eigenvalue weighted by Gasteiger charge is -2.28. The molecule has 1 aromatic carbocycles. The number of carboxylic acids is 1. The topological polar surface area (TPSA) is 69.6 Å². The first-order chi connectivity index (χ1) is 9.97.